The van der Waals surface area contributed by atoms with E-state index in [2.05, 4.69) is 32.7 Å². The molecule has 2 aliphatic rings. The second kappa shape index (κ2) is 12.8. The van der Waals surface area contributed by atoms with E-state index in [9.17, 15) is 9.59 Å². The summed E-state index contributed by atoms with van der Waals surface area (Å²) in [5.41, 5.74) is 5.16. The number of anilines is 3. The molecular weight excluding hydrogens is 524 g/mol. The van der Waals surface area contributed by atoms with Crippen molar-refractivity contribution < 1.29 is 14.3 Å². The van der Waals surface area contributed by atoms with Gasteiger partial charge in [0.05, 0.1) is 18.4 Å². The summed E-state index contributed by atoms with van der Waals surface area (Å²) in [5.74, 6) is 1.83. The second-order valence-corrected chi connectivity index (χ2v) is 11.3. The molecule has 2 N–H and O–H groups in total. The monoisotopic (exact) mass is 556 g/mol. The molecule has 1 atom stereocenters. The molecule has 2 saturated heterocycles. The molecule has 40 heavy (non-hydrogen) atoms. The Labute approximate surface area is 238 Å². The molecule has 2 aliphatic heterocycles. The second-order valence-electron chi connectivity index (χ2n) is 10.0. The lowest BCUT2D eigenvalue weighted by Crippen LogP contribution is -2.34. The zero-order chi connectivity index (χ0) is 27.9. The largest absolute Gasteiger partial charge is 0.465 e. The third-order valence-electron chi connectivity index (χ3n) is 7.24. The van der Waals surface area contributed by atoms with Crippen LogP contribution < -0.4 is 15.5 Å². The minimum atomic E-state index is -0.283. The molecule has 2 fully saturated rings. The van der Waals surface area contributed by atoms with Crippen LogP contribution in [0.15, 0.2) is 54.7 Å². The summed E-state index contributed by atoms with van der Waals surface area (Å²) < 4.78 is 5.08. The minimum absolute atomic E-state index is 0.0275. The Hall–Kier alpha value is -4.10. The lowest BCUT2D eigenvalue weighted by atomic mass is 9.98. The Bertz CT molecular complexity index is 1380. The van der Waals surface area contributed by atoms with E-state index in [0.717, 1.165) is 60.6 Å². The molecule has 0 saturated carbocycles. The van der Waals surface area contributed by atoms with E-state index < -0.39 is 0 Å². The zero-order valence-electron chi connectivity index (χ0n) is 22.4. The third kappa shape index (κ3) is 6.72. The van der Waals surface area contributed by atoms with Gasteiger partial charge in [0.2, 0.25) is 5.95 Å². The van der Waals surface area contributed by atoms with Crippen LogP contribution in [0.25, 0.3) is 11.3 Å². The summed E-state index contributed by atoms with van der Waals surface area (Å²) in [6, 6.07) is 17.4. The summed E-state index contributed by atoms with van der Waals surface area (Å²) >= 11 is 1.76. The van der Waals surface area contributed by atoms with Crippen molar-refractivity contribution in [2.75, 3.05) is 42.2 Å². The molecule has 10 heteroatoms. The smallest absolute Gasteiger partial charge is 0.319 e. The molecule has 3 heterocycles. The van der Waals surface area contributed by atoms with Crippen LogP contribution in [0.1, 0.15) is 35.2 Å². The molecule has 3 aromatic rings. The lowest BCUT2D eigenvalue weighted by molar-refractivity contribution is -0.137. The van der Waals surface area contributed by atoms with Gasteiger partial charge in [0.25, 0.3) is 5.91 Å². The van der Waals surface area contributed by atoms with Gasteiger partial charge < -0.3 is 20.3 Å². The highest BCUT2D eigenvalue weighted by Gasteiger charge is 2.28. The number of rotatable bonds is 9. The van der Waals surface area contributed by atoms with E-state index in [1.807, 2.05) is 37.3 Å². The molecule has 5 rings (SSSR count). The maximum atomic E-state index is 12.1. The SMILES string of the molecule is Cc1cnc(Nc2ccc(N3CCC(CSC4CCOC4=O)CC3)cc2)nc1-c1ccc(C(=O)NCC#N)cc1. The highest BCUT2D eigenvalue weighted by atomic mass is 32.2. The van der Waals surface area contributed by atoms with E-state index in [4.69, 9.17) is 15.0 Å². The van der Waals surface area contributed by atoms with Crippen LogP contribution in [0.5, 0.6) is 0 Å². The van der Waals surface area contributed by atoms with E-state index in [0.29, 0.717) is 24.0 Å². The van der Waals surface area contributed by atoms with E-state index in [1.54, 1.807) is 30.1 Å². The summed E-state index contributed by atoms with van der Waals surface area (Å²) in [6.45, 7) is 4.51. The standard InChI is InChI=1S/C30H32N6O3S/c1-20-18-33-30(35-27(20)22-2-4-23(5-3-22)28(37)32-14-13-31)34-24-6-8-25(9-7-24)36-15-10-21(11-16-36)19-40-26-12-17-39-29(26)38/h2-9,18,21,26H,10-12,14-17,19H2,1H3,(H,32,37)(H,33,34,35). The number of aromatic nitrogens is 2. The first-order valence-electron chi connectivity index (χ1n) is 13.5. The first-order chi connectivity index (χ1) is 19.5. The number of esters is 1. The van der Waals surface area contributed by atoms with Crippen molar-refractivity contribution in [3.05, 3.63) is 65.9 Å². The Morgan fingerprint density at radius 3 is 2.55 bits per heavy atom. The highest BCUT2D eigenvalue weighted by Crippen LogP contribution is 2.30. The van der Waals surface area contributed by atoms with Gasteiger partial charge in [-0.2, -0.15) is 5.26 Å². The van der Waals surface area contributed by atoms with Crippen molar-refractivity contribution in [1.29, 1.82) is 5.26 Å². The third-order valence-corrected chi connectivity index (χ3v) is 8.74. The van der Waals surface area contributed by atoms with E-state index >= 15 is 0 Å². The normalized spacial score (nSPS) is 17.2. The predicted octanol–water partition coefficient (Wildman–Crippen LogP) is 4.71. The number of amides is 1. The number of nitrogens with one attached hydrogen (secondary N) is 2. The summed E-state index contributed by atoms with van der Waals surface area (Å²) in [7, 11) is 0. The number of carbonyl (C=O) groups excluding carboxylic acids is 2. The summed E-state index contributed by atoms with van der Waals surface area (Å²) in [4.78, 5) is 35.4. The minimum Gasteiger partial charge on any atom is -0.465 e. The van der Waals surface area contributed by atoms with Gasteiger partial charge in [-0.3, -0.25) is 9.59 Å². The van der Waals surface area contributed by atoms with Gasteiger partial charge >= 0.3 is 5.97 Å². The zero-order valence-corrected chi connectivity index (χ0v) is 23.2. The predicted molar refractivity (Wildman–Crippen MR) is 157 cm³/mol. The fourth-order valence-electron chi connectivity index (χ4n) is 4.92. The highest BCUT2D eigenvalue weighted by molar-refractivity contribution is 8.00. The van der Waals surface area contributed by atoms with Crippen LogP contribution in [-0.4, -0.2) is 59.1 Å². The number of ether oxygens (including phenoxy) is 1. The number of cyclic esters (lactones) is 1. The van der Waals surface area contributed by atoms with Gasteiger partial charge in [-0.1, -0.05) is 12.1 Å². The summed E-state index contributed by atoms with van der Waals surface area (Å²) in [5, 5.41) is 14.5. The first kappa shape index (κ1) is 27.5. The number of aryl methyl sites for hydroxylation is 1. The van der Waals surface area contributed by atoms with Crippen molar-refractivity contribution in [3.8, 4) is 17.3 Å². The van der Waals surface area contributed by atoms with E-state index in [1.165, 1.54) is 5.69 Å². The summed E-state index contributed by atoms with van der Waals surface area (Å²) in [6.07, 6.45) is 4.88. The molecule has 0 bridgehead atoms. The van der Waals surface area contributed by atoms with Crippen LogP contribution >= 0.6 is 11.8 Å². The van der Waals surface area contributed by atoms with Crippen LogP contribution in [0.3, 0.4) is 0 Å². The molecule has 1 amide bonds. The average Bonchev–Trinajstić information content (AvgIpc) is 3.41. The number of nitrogens with zero attached hydrogens (tertiary/aromatic N) is 4. The van der Waals surface area contributed by atoms with Crippen LogP contribution in [0.4, 0.5) is 17.3 Å². The molecular formula is C30H32N6O3S. The maximum absolute atomic E-state index is 12.1. The van der Waals surface area contributed by atoms with E-state index in [-0.39, 0.29) is 23.7 Å². The molecule has 206 valence electrons. The number of nitriles is 1. The number of hydrogen-bond acceptors (Lipinski definition) is 9. The number of carbonyl (C=O) groups is 2. The van der Waals surface area contributed by atoms with Gasteiger partial charge in [-0.05, 0) is 73.4 Å². The Balaban J connectivity index is 1.16. The Kier molecular flexibility index (Phi) is 8.81. The van der Waals surface area contributed by atoms with Crippen LogP contribution in [-0.2, 0) is 9.53 Å². The average molecular weight is 557 g/mol. The number of thioether (sulfide) groups is 1. The topological polar surface area (TPSA) is 120 Å². The fourth-order valence-corrected chi connectivity index (χ4v) is 6.22. The fraction of sp³-hybridized carbons (Fsp3) is 0.367. The molecule has 1 aromatic heterocycles. The van der Waals surface area contributed by atoms with Crippen molar-refractivity contribution in [1.82, 2.24) is 15.3 Å². The molecule has 0 radical (unpaired) electrons. The number of hydrogen-bond donors (Lipinski definition) is 2. The van der Waals surface area contributed by atoms with Gasteiger partial charge in [-0.25, -0.2) is 9.97 Å². The first-order valence-corrected chi connectivity index (χ1v) is 14.5. The van der Waals surface area contributed by atoms with Crippen molar-refractivity contribution in [3.63, 3.8) is 0 Å². The van der Waals surface area contributed by atoms with Gasteiger partial charge in [-0.15, -0.1) is 11.8 Å². The lowest BCUT2D eigenvalue weighted by Gasteiger charge is -2.33. The Morgan fingerprint density at radius 2 is 1.88 bits per heavy atom. The van der Waals surface area contributed by atoms with Crippen molar-refractivity contribution >= 4 is 41.0 Å². The molecule has 2 aromatic carbocycles. The van der Waals surface area contributed by atoms with Gasteiger partial charge in [0.15, 0.2) is 0 Å². The number of piperidine rings is 1. The van der Waals surface area contributed by atoms with Crippen molar-refractivity contribution in [2.24, 2.45) is 5.92 Å². The van der Waals surface area contributed by atoms with Gasteiger partial charge in [0, 0.05) is 48.2 Å². The Morgan fingerprint density at radius 1 is 1.12 bits per heavy atom. The number of benzene rings is 2. The molecule has 0 spiro atoms. The van der Waals surface area contributed by atoms with Crippen molar-refractivity contribution in [2.45, 2.75) is 31.4 Å². The maximum Gasteiger partial charge on any atom is 0.319 e. The van der Waals surface area contributed by atoms with Crippen LogP contribution in [0, 0.1) is 24.2 Å². The molecule has 1 unspecified atom stereocenters. The molecule has 0 aliphatic carbocycles. The quantitative estimate of drug-likeness (QED) is 0.285. The molecule has 9 nitrogen and oxygen atoms in total. The van der Waals surface area contributed by atoms with Gasteiger partial charge in [0.1, 0.15) is 11.8 Å². The van der Waals surface area contributed by atoms with Crippen LogP contribution in [0.2, 0.25) is 0 Å².